The maximum absolute atomic E-state index is 12.2. The maximum Gasteiger partial charge on any atom is 0.349 e. The molecule has 0 saturated heterocycles. The molecule has 0 heterocycles. The third kappa shape index (κ3) is 5.44. The number of carbonyl (C=O) groups excluding carboxylic acids is 1. The molecule has 0 aromatic heterocycles. The second-order valence-electron chi connectivity index (χ2n) is 5.35. The van der Waals surface area contributed by atoms with E-state index in [4.69, 9.17) is 4.74 Å². The van der Waals surface area contributed by atoms with Gasteiger partial charge in [-0.3, -0.25) is 0 Å². The Kier molecular flexibility index (Phi) is 8.17. The van der Waals surface area contributed by atoms with E-state index in [1.807, 2.05) is 0 Å². The Morgan fingerprint density at radius 1 is 1.14 bits per heavy atom. The van der Waals surface area contributed by atoms with Crippen LogP contribution in [0.4, 0.5) is 0 Å². The Morgan fingerprint density at radius 2 is 1.77 bits per heavy atom. The van der Waals surface area contributed by atoms with Gasteiger partial charge >= 0.3 is 11.9 Å². The quantitative estimate of drug-likeness (QED) is 0.376. The van der Waals surface area contributed by atoms with Gasteiger partial charge < -0.3 is 9.84 Å². The lowest BCUT2D eigenvalue weighted by molar-refractivity contribution is -0.157. The molecule has 1 atom stereocenters. The third-order valence-electron chi connectivity index (χ3n) is 3.59. The lowest BCUT2D eigenvalue weighted by Gasteiger charge is -2.27. The summed E-state index contributed by atoms with van der Waals surface area (Å²) in [4.78, 5) is 23.8. The first-order chi connectivity index (χ1) is 10.6. The van der Waals surface area contributed by atoms with Crippen LogP contribution in [0.25, 0.3) is 0 Å². The van der Waals surface area contributed by atoms with Gasteiger partial charge in [-0.05, 0) is 25.0 Å². The second-order valence-corrected chi connectivity index (χ2v) is 5.91. The number of carbonyl (C=O) groups is 2. The zero-order chi connectivity index (χ0) is 16.4. The van der Waals surface area contributed by atoms with E-state index in [1.165, 1.54) is 0 Å². The summed E-state index contributed by atoms with van der Waals surface area (Å²) in [5.74, 6) is -1.71. The summed E-state index contributed by atoms with van der Waals surface area (Å²) >= 11 is 3.20. The first-order valence-corrected chi connectivity index (χ1v) is 8.75. The van der Waals surface area contributed by atoms with Gasteiger partial charge in [-0.15, -0.1) is 0 Å². The average Bonchev–Trinajstić information content (AvgIpc) is 2.54. The average molecular weight is 371 g/mol. The summed E-state index contributed by atoms with van der Waals surface area (Å²) in [6.45, 7) is 2.13. The molecule has 0 saturated carbocycles. The molecular formula is C17H23BrO4. The SMILES string of the molecule is CCCCCCCC(CBr)(OC(=O)c1ccccc1)C(=O)O. The fraction of sp³-hybridized carbons (Fsp3) is 0.529. The van der Waals surface area contributed by atoms with Crippen molar-refractivity contribution in [3.8, 4) is 0 Å². The highest BCUT2D eigenvalue weighted by molar-refractivity contribution is 9.09. The lowest BCUT2D eigenvalue weighted by atomic mass is 9.97. The van der Waals surface area contributed by atoms with Crippen molar-refractivity contribution in [2.24, 2.45) is 0 Å². The zero-order valence-electron chi connectivity index (χ0n) is 12.9. The Balaban J connectivity index is 2.70. The van der Waals surface area contributed by atoms with Crippen molar-refractivity contribution in [3.05, 3.63) is 35.9 Å². The minimum atomic E-state index is -1.50. The summed E-state index contributed by atoms with van der Waals surface area (Å²) in [7, 11) is 0. The van der Waals surface area contributed by atoms with Crippen LogP contribution in [0.15, 0.2) is 30.3 Å². The van der Waals surface area contributed by atoms with Crippen LogP contribution < -0.4 is 0 Å². The predicted octanol–water partition coefficient (Wildman–Crippen LogP) is 4.42. The van der Waals surface area contributed by atoms with E-state index < -0.39 is 17.5 Å². The predicted molar refractivity (Wildman–Crippen MR) is 89.4 cm³/mol. The van der Waals surface area contributed by atoms with Crippen molar-refractivity contribution in [2.75, 3.05) is 5.33 Å². The van der Waals surface area contributed by atoms with Crippen molar-refractivity contribution in [2.45, 2.75) is 51.0 Å². The number of unbranched alkanes of at least 4 members (excludes halogenated alkanes) is 4. The number of ether oxygens (including phenoxy) is 1. The van der Waals surface area contributed by atoms with Crippen LogP contribution >= 0.6 is 15.9 Å². The van der Waals surface area contributed by atoms with Crippen molar-refractivity contribution >= 4 is 27.9 Å². The normalized spacial score (nSPS) is 13.4. The fourth-order valence-electron chi connectivity index (χ4n) is 2.18. The van der Waals surface area contributed by atoms with Gasteiger partial charge in [0.05, 0.1) is 10.9 Å². The Morgan fingerprint density at radius 3 is 2.32 bits per heavy atom. The van der Waals surface area contributed by atoms with E-state index in [0.717, 1.165) is 32.1 Å². The molecule has 1 rings (SSSR count). The van der Waals surface area contributed by atoms with Crippen LogP contribution in [0.3, 0.4) is 0 Å². The van der Waals surface area contributed by atoms with Gasteiger partial charge in [0.2, 0.25) is 5.60 Å². The standard InChI is InChI=1S/C17H23BrO4/c1-2-3-4-5-9-12-17(13-18,16(20)21)22-15(19)14-10-7-6-8-11-14/h6-8,10-11H,2-5,9,12-13H2,1H3,(H,20,21). The molecule has 1 aromatic carbocycles. The minimum absolute atomic E-state index is 0.0850. The molecule has 0 fully saturated rings. The first kappa shape index (κ1) is 18.7. The van der Waals surface area contributed by atoms with Crippen LogP contribution in [0.1, 0.15) is 55.8 Å². The third-order valence-corrected chi connectivity index (χ3v) is 4.49. The number of carboxylic acids is 1. The Labute approximate surface area is 140 Å². The molecule has 5 heteroatoms. The van der Waals surface area contributed by atoms with Crippen molar-refractivity contribution in [1.82, 2.24) is 0 Å². The molecule has 0 aliphatic carbocycles. The first-order valence-electron chi connectivity index (χ1n) is 7.63. The topological polar surface area (TPSA) is 63.6 Å². The second kappa shape index (κ2) is 9.62. The molecule has 0 amide bonds. The van der Waals surface area contributed by atoms with E-state index in [0.29, 0.717) is 12.0 Å². The highest BCUT2D eigenvalue weighted by Crippen LogP contribution is 2.25. The van der Waals surface area contributed by atoms with Gasteiger partial charge in [0.25, 0.3) is 0 Å². The Hall–Kier alpha value is -1.36. The molecule has 0 aliphatic rings. The monoisotopic (exact) mass is 370 g/mol. The van der Waals surface area contributed by atoms with Crippen LogP contribution in [-0.4, -0.2) is 28.0 Å². The van der Waals surface area contributed by atoms with Crippen molar-refractivity contribution in [1.29, 1.82) is 0 Å². The van der Waals surface area contributed by atoms with Gasteiger partial charge in [-0.2, -0.15) is 0 Å². The molecule has 1 N–H and O–H groups in total. The molecule has 0 aliphatic heterocycles. The molecule has 1 aromatic rings. The van der Waals surface area contributed by atoms with E-state index in [2.05, 4.69) is 22.9 Å². The zero-order valence-corrected chi connectivity index (χ0v) is 14.5. The van der Waals surface area contributed by atoms with Crippen LogP contribution in [-0.2, 0) is 9.53 Å². The number of hydrogen-bond acceptors (Lipinski definition) is 3. The molecule has 0 bridgehead atoms. The maximum atomic E-state index is 12.2. The van der Waals surface area contributed by atoms with Gasteiger partial charge in [0.15, 0.2) is 0 Å². The highest BCUT2D eigenvalue weighted by Gasteiger charge is 2.41. The smallest absolute Gasteiger partial charge is 0.349 e. The number of carboxylic acid groups (broad SMARTS) is 1. The van der Waals surface area contributed by atoms with Crippen LogP contribution in [0, 0.1) is 0 Å². The molecule has 4 nitrogen and oxygen atoms in total. The molecule has 22 heavy (non-hydrogen) atoms. The van der Waals surface area contributed by atoms with E-state index in [9.17, 15) is 14.7 Å². The summed E-state index contributed by atoms with van der Waals surface area (Å²) in [6, 6.07) is 8.46. The number of halogens is 1. The summed E-state index contributed by atoms with van der Waals surface area (Å²) < 4.78 is 5.36. The lowest BCUT2D eigenvalue weighted by Crippen LogP contribution is -2.45. The number of benzene rings is 1. The summed E-state index contributed by atoms with van der Waals surface area (Å²) in [6.07, 6.45) is 5.32. The van der Waals surface area contributed by atoms with Crippen LogP contribution in [0.5, 0.6) is 0 Å². The van der Waals surface area contributed by atoms with Gasteiger partial charge in [0.1, 0.15) is 0 Å². The number of esters is 1. The molecule has 1 unspecified atom stereocenters. The molecule has 0 spiro atoms. The molecule has 122 valence electrons. The number of hydrogen-bond donors (Lipinski definition) is 1. The number of aliphatic carboxylic acids is 1. The van der Waals surface area contributed by atoms with Gasteiger partial charge in [0, 0.05) is 0 Å². The number of alkyl halides is 1. The molecule has 0 radical (unpaired) electrons. The highest BCUT2D eigenvalue weighted by atomic mass is 79.9. The number of rotatable bonds is 10. The van der Waals surface area contributed by atoms with Gasteiger partial charge in [-0.1, -0.05) is 66.7 Å². The van der Waals surface area contributed by atoms with Crippen LogP contribution in [0.2, 0.25) is 0 Å². The minimum Gasteiger partial charge on any atom is -0.478 e. The summed E-state index contributed by atoms with van der Waals surface area (Å²) in [5.41, 5.74) is -1.14. The summed E-state index contributed by atoms with van der Waals surface area (Å²) in [5, 5.41) is 9.60. The fourth-order valence-corrected chi connectivity index (χ4v) is 2.81. The van der Waals surface area contributed by atoms with Gasteiger partial charge in [-0.25, -0.2) is 9.59 Å². The Bertz CT molecular complexity index is 475. The molecular weight excluding hydrogens is 348 g/mol. The van der Waals surface area contributed by atoms with Crippen molar-refractivity contribution < 1.29 is 19.4 Å². The van der Waals surface area contributed by atoms with E-state index in [-0.39, 0.29) is 5.33 Å². The van der Waals surface area contributed by atoms with E-state index in [1.54, 1.807) is 30.3 Å². The van der Waals surface area contributed by atoms with E-state index >= 15 is 0 Å². The van der Waals surface area contributed by atoms with Crippen molar-refractivity contribution in [3.63, 3.8) is 0 Å². The largest absolute Gasteiger partial charge is 0.478 e.